The van der Waals surface area contributed by atoms with Crippen LogP contribution in [0.1, 0.15) is 50.4 Å². The molecule has 2 rings (SSSR count). The van der Waals surface area contributed by atoms with Crippen LogP contribution < -0.4 is 0 Å². The quantitative estimate of drug-likeness (QED) is 0.751. The SMILES string of the molecule is C[C@@H](O)c1cn(C2CCCC2)nn1. The van der Waals surface area contributed by atoms with Gasteiger partial charge in [-0.05, 0) is 19.8 Å². The Balaban J connectivity index is 2.12. The molecular weight excluding hydrogens is 166 g/mol. The molecule has 1 aromatic heterocycles. The summed E-state index contributed by atoms with van der Waals surface area (Å²) in [6, 6.07) is 0.514. The highest BCUT2D eigenvalue weighted by Crippen LogP contribution is 2.28. The van der Waals surface area contributed by atoms with Crippen molar-refractivity contribution in [2.75, 3.05) is 0 Å². The highest BCUT2D eigenvalue weighted by Gasteiger charge is 2.18. The Hall–Kier alpha value is -0.900. The second-order valence-corrected chi connectivity index (χ2v) is 3.74. The van der Waals surface area contributed by atoms with Crippen LogP contribution in [0, 0.1) is 0 Å². The van der Waals surface area contributed by atoms with Crippen molar-refractivity contribution >= 4 is 0 Å². The van der Waals surface area contributed by atoms with E-state index in [2.05, 4.69) is 10.3 Å². The Morgan fingerprint density at radius 1 is 1.54 bits per heavy atom. The van der Waals surface area contributed by atoms with Gasteiger partial charge in [0.15, 0.2) is 0 Å². The van der Waals surface area contributed by atoms with Crippen LogP contribution in [0.2, 0.25) is 0 Å². The number of hydrogen-bond donors (Lipinski definition) is 1. The molecule has 1 aromatic rings. The molecule has 0 saturated heterocycles. The molecule has 0 radical (unpaired) electrons. The molecule has 1 fully saturated rings. The van der Waals surface area contributed by atoms with Crippen molar-refractivity contribution in [1.29, 1.82) is 0 Å². The maximum atomic E-state index is 9.26. The standard InChI is InChI=1S/C9H15N3O/c1-7(13)9-6-12(11-10-9)8-4-2-3-5-8/h6-8,13H,2-5H2,1H3/t7-/m1/s1. The number of aliphatic hydroxyl groups excluding tert-OH is 1. The fraction of sp³-hybridized carbons (Fsp3) is 0.778. The van der Waals surface area contributed by atoms with E-state index in [1.54, 1.807) is 6.92 Å². The van der Waals surface area contributed by atoms with E-state index in [1.165, 1.54) is 25.7 Å². The van der Waals surface area contributed by atoms with Crippen LogP contribution in [0.3, 0.4) is 0 Å². The summed E-state index contributed by atoms with van der Waals surface area (Å²) in [7, 11) is 0. The predicted octanol–water partition coefficient (Wildman–Crippen LogP) is 1.45. The van der Waals surface area contributed by atoms with Gasteiger partial charge < -0.3 is 5.11 Å². The van der Waals surface area contributed by atoms with Crippen LogP contribution in [0.25, 0.3) is 0 Å². The van der Waals surface area contributed by atoms with E-state index in [0.29, 0.717) is 11.7 Å². The third kappa shape index (κ3) is 1.72. The van der Waals surface area contributed by atoms with Gasteiger partial charge in [-0.1, -0.05) is 18.1 Å². The molecule has 1 heterocycles. The summed E-state index contributed by atoms with van der Waals surface area (Å²) in [5.41, 5.74) is 0.673. The molecule has 1 atom stereocenters. The molecule has 1 aliphatic rings. The van der Waals surface area contributed by atoms with Crippen molar-refractivity contribution in [3.05, 3.63) is 11.9 Å². The smallest absolute Gasteiger partial charge is 0.111 e. The first kappa shape index (κ1) is 8.69. The van der Waals surface area contributed by atoms with E-state index in [-0.39, 0.29) is 0 Å². The minimum absolute atomic E-state index is 0.504. The summed E-state index contributed by atoms with van der Waals surface area (Å²) < 4.78 is 1.90. The van der Waals surface area contributed by atoms with Crippen LogP contribution in [-0.2, 0) is 0 Å². The number of aromatic nitrogens is 3. The minimum Gasteiger partial charge on any atom is -0.387 e. The lowest BCUT2D eigenvalue weighted by Crippen LogP contribution is -2.04. The summed E-state index contributed by atoms with van der Waals surface area (Å²) >= 11 is 0. The highest BCUT2D eigenvalue weighted by molar-refractivity contribution is 4.96. The summed E-state index contributed by atoms with van der Waals surface area (Å²) in [5, 5.41) is 17.2. The Bertz CT molecular complexity index is 276. The summed E-state index contributed by atoms with van der Waals surface area (Å²) in [6.07, 6.45) is 6.32. The molecule has 0 spiro atoms. The molecule has 0 bridgehead atoms. The van der Waals surface area contributed by atoms with E-state index in [4.69, 9.17) is 0 Å². The van der Waals surface area contributed by atoms with Crippen molar-refractivity contribution in [2.45, 2.75) is 44.8 Å². The van der Waals surface area contributed by atoms with Crippen molar-refractivity contribution in [2.24, 2.45) is 0 Å². The van der Waals surface area contributed by atoms with Gasteiger partial charge in [-0.15, -0.1) is 5.10 Å². The summed E-state index contributed by atoms with van der Waals surface area (Å²) in [5.74, 6) is 0. The van der Waals surface area contributed by atoms with E-state index in [9.17, 15) is 5.11 Å². The molecule has 72 valence electrons. The van der Waals surface area contributed by atoms with Gasteiger partial charge in [-0.3, -0.25) is 0 Å². The second kappa shape index (κ2) is 3.46. The monoisotopic (exact) mass is 181 g/mol. The average Bonchev–Trinajstić information content (AvgIpc) is 2.75. The van der Waals surface area contributed by atoms with Gasteiger partial charge in [0.1, 0.15) is 5.69 Å². The van der Waals surface area contributed by atoms with E-state index in [0.717, 1.165) is 0 Å². The maximum absolute atomic E-state index is 9.26. The largest absolute Gasteiger partial charge is 0.387 e. The third-order valence-corrected chi connectivity index (χ3v) is 2.65. The molecule has 13 heavy (non-hydrogen) atoms. The van der Waals surface area contributed by atoms with Gasteiger partial charge in [-0.25, -0.2) is 4.68 Å². The molecule has 4 nitrogen and oxygen atoms in total. The van der Waals surface area contributed by atoms with E-state index in [1.807, 2.05) is 10.9 Å². The van der Waals surface area contributed by atoms with Crippen molar-refractivity contribution in [1.82, 2.24) is 15.0 Å². The number of hydrogen-bond acceptors (Lipinski definition) is 3. The second-order valence-electron chi connectivity index (χ2n) is 3.74. The Morgan fingerprint density at radius 2 is 2.23 bits per heavy atom. The normalized spacial score (nSPS) is 20.8. The molecule has 0 unspecified atom stereocenters. The molecule has 0 aliphatic heterocycles. The Labute approximate surface area is 77.6 Å². The van der Waals surface area contributed by atoms with Crippen LogP contribution in [-0.4, -0.2) is 20.1 Å². The van der Waals surface area contributed by atoms with Crippen LogP contribution in [0.15, 0.2) is 6.20 Å². The molecule has 1 saturated carbocycles. The zero-order valence-corrected chi connectivity index (χ0v) is 7.85. The lowest BCUT2D eigenvalue weighted by atomic mass is 10.2. The van der Waals surface area contributed by atoms with Gasteiger partial charge in [0.05, 0.1) is 18.3 Å². The fourth-order valence-electron chi connectivity index (χ4n) is 1.83. The van der Waals surface area contributed by atoms with Crippen molar-refractivity contribution in [3.63, 3.8) is 0 Å². The first-order chi connectivity index (χ1) is 6.27. The number of nitrogens with zero attached hydrogens (tertiary/aromatic N) is 3. The predicted molar refractivity (Wildman–Crippen MR) is 48.2 cm³/mol. The highest BCUT2D eigenvalue weighted by atomic mass is 16.3. The lowest BCUT2D eigenvalue weighted by molar-refractivity contribution is 0.194. The third-order valence-electron chi connectivity index (χ3n) is 2.65. The summed E-state index contributed by atoms with van der Waals surface area (Å²) in [4.78, 5) is 0. The van der Waals surface area contributed by atoms with Gasteiger partial charge in [-0.2, -0.15) is 0 Å². The zero-order valence-electron chi connectivity index (χ0n) is 7.85. The van der Waals surface area contributed by atoms with E-state index >= 15 is 0 Å². The first-order valence-corrected chi connectivity index (χ1v) is 4.87. The average molecular weight is 181 g/mol. The summed E-state index contributed by atoms with van der Waals surface area (Å²) in [6.45, 7) is 1.71. The molecule has 0 aromatic carbocycles. The van der Waals surface area contributed by atoms with Gasteiger partial charge in [0.25, 0.3) is 0 Å². The fourth-order valence-corrected chi connectivity index (χ4v) is 1.83. The molecular formula is C9H15N3O. The van der Waals surface area contributed by atoms with E-state index < -0.39 is 6.10 Å². The Kier molecular flexibility index (Phi) is 2.31. The van der Waals surface area contributed by atoms with Crippen molar-refractivity contribution in [3.8, 4) is 0 Å². The van der Waals surface area contributed by atoms with Crippen LogP contribution in [0.4, 0.5) is 0 Å². The van der Waals surface area contributed by atoms with Gasteiger partial charge in [0.2, 0.25) is 0 Å². The number of rotatable bonds is 2. The molecule has 0 amide bonds. The van der Waals surface area contributed by atoms with Crippen LogP contribution in [0.5, 0.6) is 0 Å². The molecule has 1 aliphatic carbocycles. The molecule has 1 N–H and O–H groups in total. The molecule has 4 heteroatoms. The zero-order chi connectivity index (χ0) is 9.26. The Morgan fingerprint density at radius 3 is 2.77 bits per heavy atom. The lowest BCUT2D eigenvalue weighted by Gasteiger charge is -2.06. The number of aliphatic hydroxyl groups is 1. The maximum Gasteiger partial charge on any atom is 0.111 e. The van der Waals surface area contributed by atoms with Gasteiger partial charge in [0, 0.05) is 0 Å². The first-order valence-electron chi connectivity index (χ1n) is 4.87. The van der Waals surface area contributed by atoms with Crippen LogP contribution >= 0.6 is 0 Å². The minimum atomic E-state index is -0.504. The topological polar surface area (TPSA) is 50.9 Å². The van der Waals surface area contributed by atoms with Gasteiger partial charge >= 0.3 is 0 Å². The van der Waals surface area contributed by atoms with Crippen molar-refractivity contribution < 1.29 is 5.11 Å².